The van der Waals surface area contributed by atoms with Crippen LogP contribution < -0.4 is 31.9 Å². The Balaban J connectivity index is 0.000000240. The molecule has 46 heavy (non-hydrogen) atoms. The number of rotatable bonds is 13. The van der Waals surface area contributed by atoms with Gasteiger partial charge in [0, 0.05) is 54.6 Å². The summed E-state index contributed by atoms with van der Waals surface area (Å²) in [5, 5.41) is 17.5. The molecule has 2 saturated carbocycles. The normalized spacial score (nSPS) is 33.1. The third-order valence-electron chi connectivity index (χ3n) is 9.75. The van der Waals surface area contributed by atoms with Crippen molar-refractivity contribution in [3.63, 3.8) is 0 Å². The molecule has 0 aromatic carbocycles. The number of halogens is 1. The molecule has 2 heterocycles. The Morgan fingerprint density at radius 3 is 1.65 bits per heavy atom. The van der Waals surface area contributed by atoms with E-state index in [4.69, 9.17) is 18.9 Å². The summed E-state index contributed by atoms with van der Waals surface area (Å²) in [6, 6.07) is -0.0547. The average Bonchev–Trinajstić information content (AvgIpc) is 3.70. The minimum absolute atomic E-state index is 0.0656. The zero-order valence-electron chi connectivity index (χ0n) is 29.0. The molecule has 2 aliphatic heterocycles. The fourth-order valence-corrected chi connectivity index (χ4v) is 7.40. The van der Waals surface area contributed by atoms with Gasteiger partial charge in [0.05, 0.1) is 56.2 Å². The van der Waals surface area contributed by atoms with Gasteiger partial charge in [0.15, 0.2) is 0 Å². The first-order chi connectivity index (χ1) is 22.2. The van der Waals surface area contributed by atoms with Crippen molar-refractivity contribution in [3.05, 3.63) is 0 Å². The smallest absolute Gasteiger partial charge is 0.227 e. The number of fused-ring (bicyclic) bond motifs is 2. The maximum atomic E-state index is 13.6. The highest BCUT2D eigenvalue weighted by molar-refractivity contribution is 5.80. The second-order valence-electron chi connectivity index (χ2n) is 12.4. The molecule has 0 aromatic heterocycles. The molecule has 2 bridgehead atoms. The number of alkyl halides is 1. The molecule has 14 heteroatoms. The van der Waals surface area contributed by atoms with Crippen LogP contribution in [-0.4, -0.2) is 117 Å². The van der Waals surface area contributed by atoms with Crippen molar-refractivity contribution in [2.75, 3.05) is 62.7 Å². The van der Waals surface area contributed by atoms with Gasteiger partial charge < -0.3 is 34.9 Å². The number of methoxy groups -OCH3 is 3. The van der Waals surface area contributed by atoms with Crippen molar-refractivity contribution >= 4 is 17.7 Å². The van der Waals surface area contributed by atoms with Crippen LogP contribution in [0.15, 0.2) is 0 Å². The number of nitrogens with one attached hydrogen (secondary N) is 6. The Bertz CT molecular complexity index is 899. The molecule has 13 nitrogen and oxygen atoms in total. The van der Waals surface area contributed by atoms with Crippen molar-refractivity contribution in [2.45, 2.75) is 101 Å². The van der Waals surface area contributed by atoms with Crippen molar-refractivity contribution in [1.29, 1.82) is 0 Å². The lowest BCUT2D eigenvalue weighted by Gasteiger charge is -2.37. The van der Waals surface area contributed by atoms with E-state index in [2.05, 4.69) is 38.8 Å². The molecule has 0 radical (unpaired) electrons. The fourth-order valence-electron chi connectivity index (χ4n) is 7.40. The van der Waals surface area contributed by atoms with E-state index in [1.807, 2.05) is 0 Å². The summed E-state index contributed by atoms with van der Waals surface area (Å²) in [5.41, 5.74) is 0. The van der Waals surface area contributed by atoms with Crippen molar-refractivity contribution in [1.82, 2.24) is 31.9 Å². The highest BCUT2D eigenvalue weighted by Gasteiger charge is 2.51. The Morgan fingerprint density at radius 2 is 1.13 bits per heavy atom. The van der Waals surface area contributed by atoms with Crippen molar-refractivity contribution in [3.8, 4) is 0 Å². The quantitative estimate of drug-likeness (QED) is 0.158. The number of ether oxygens (including phenoxy) is 4. The lowest BCUT2D eigenvalue weighted by atomic mass is 9.75. The lowest BCUT2D eigenvalue weighted by Crippen LogP contribution is -2.51. The Labute approximate surface area is 274 Å². The van der Waals surface area contributed by atoms with Crippen LogP contribution in [0.2, 0.25) is 0 Å². The molecule has 268 valence electrons. The van der Waals surface area contributed by atoms with E-state index < -0.39 is 12.2 Å². The van der Waals surface area contributed by atoms with Crippen LogP contribution in [0.1, 0.15) is 64.7 Å². The molecule has 3 amide bonds. The van der Waals surface area contributed by atoms with E-state index >= 15 is 0 Å². The number of hydrogen-bond donors (Lipinski definition) is 6. The number of carbonyl (C=O) groups excluding carboxylic acids is 3. The van der Waals surface area contributed by atoms with Crippen LogP contribution in [0.3, 0.4) is 0 Å². The first kappa shape index (κ1) is 40.2. The van der Waals surface area contributed by atoms with Gasteiger partial charge in [-0.3, -0.25) is 30.3 Å². The van der Waals surface area contributed by atoms with Crippen LogP contribution in [-0.2, 0) is 33.3 Å². The van der Waals surface area contributed by atoms with Crippen molar-refractivity contribution in [2.24, 2.45) is 23.7 Å². The van der Waals surface area contributed by atoms with Crippen LogP contribution >= 0.6 is 0 Å². The highest BCUT2D eigenvalue weighted by Crippen LogP contribution is 2.39. The Morgan fingerprint density at radius 1 is 0.652 bits per heavy atom. The lowest BCUT2D eigenvalue weighted by molar-refractivity contribution is -0.128. The van der Waals surface area contributed by atoms with Gasteiger partial charge in [-0.2, -0.15) is 0 Å². The predicted molar refractivity (Wildman–Crippen MR) is 173 cm³/mol. The maximum Gasteiger partial charge on any atom is 0.227 e. The van der Waals surface area contributed by atoms with Crippen LogP contribution in [0.4, 0.5) is 4.39 Å². The molecular weight excluding hydrogens is 599 g/mol. The Hall–Kier alpha value is -1.94. The van der Waals surface area contributed by atoms with E-state index in [9.17, 15) is 18.8 Å². The van der Waals surface area contributed by atoms with E-state index in [0.29, 0.717) is 25.8 Å². The fraction of sp³-hybridized carbons (Fsp3) is 0.906. The van der Waals surface area contributed by atoms with Gasteiger partial charge in [-0.25, -0.2) is 4.39 Å². The summed E-state index contributed by atoms with van der Waals surface area (Å²) in [6.07, 6.45) is 7.83. The molecular formula is C32H61FN6O7. The average molecular weight is 661 g/mol. The summed E-state index contributed by atoms with van der Waals surface area (Å²) in [5.74, 6) is 0.469. The molecule has 4 rings (SSSR count). The van der Waals surface area contributed by atoms with Gasteiger partial charge in [-0.15, -0.1) is 0 Å². The second kappa shape index (κ2) is 21.8. The summed E-state index contributed by atoms with van der Waals surface area (Å²) >= 11 is 0. The number of amides is 3. The van der Waals surface area contributed by atoms with Gasteiger partial charge in [0.1, 0.15) is 6.17 Å². The second-order valence-corrected chi connectivity index (χ2v) is 12.4. The summed E-state index contributed by atoms with van der Waals surface area (Å²) < 4.78 is 34.2. The van der Waals surface area contributed by atoms with E-state index in [1.54, 1.807) is 35.4 Å². The number of carbonyl (C=O) groups is 3. The highest BCUT2D eigenvalue weighted by atomic mass is 19.1. The largest absolute Gasteiger partial charge is 0.372 e. The SMILES string of the molecule is CCC1CCCC(C(=O)NC)C1NCOC.CNC(=O)C1C2CCC(O2)C1NCOC.CNC(=O)C1CCCC(F)C1NCOC. The van der Waals surface area contributed by atoms with Gasteiger partial charge in [-0.1, -0.05) is 19.8 Å². The molecule has 0 spiro atoms. The zero-order chi connectivity index (χ0) is 34.1. The van der Waals surface area contributed by atoms with Gasteiger partial charge in [-0.05, 0) is 50.9 Å². The standard InChI is InChI=1S/C12H24N2O2.C10H19FN2O2.C10H18N2O3/c1-4-9-6-5-7-10(12(15)13-2)11(9)14-8-16-3;1-12-10(14)7-4-3-5-8(11)9(7)13-6-15-2;1-11-10(13)8-6-3-4-7(15-6)9(8)12-5-14-2/h9-11,14H,4-8H2,1-3H3,(H,13,15);7-9,13H,3-6H2,1-2H3,(H,12,14);6-9,12H,3-5H2,1-2H3,(H,11,13). The first-order valence-corrected chi connectivity index (χ1v) is 16.8. The minimum Gasteiger partial charge on any atom is -0.372 e. The van der Waals surface area contributed by atoms with Crippen LogP contribution in [0.25, 0.3) is 0 Å². The number of hydrogen-bond acceptors (Lipinski definition) is 10. The van der Waals surface area contributed by atoms with Crippen LogP contribution in [0, 0.1) is 23.7 Å². The molecule has 4 fully saturated rings. The third-order valence-corrected chi connectivity index (χ3v) is 9.75. The van der Waals surface area contributed by atoms with Gasteiger partial charge in [0.25, 0.3) is 0 Å². The summed E-state index contributed by atoms with van der Waals surface area (Å²) in [4.78, 5) is 35.0. The Kier molecular flexibility index (Phi) is 19.1. The first-order valence-electron chi connectivity index (χ1n) is 16.8. The summed E-state index contributed by atoms with van der Waals surface area (Å²) in [7, 11) is 9.81. The van der Waals surface area contributed by atoms with E-state index in [1.165, 1.54) is 13.5 Å². The molecule has 10 atom stereocenters. The molecule has 0 aromatic rings. The van der Waals surface area contributed by atoms with Crippen molar-refractivity contribution < 1.29 is 37.7 Å². The van der Waals surface area contributed by atoms with Gasteiger partial charge >= 0.3 is 0 Å². The van der Waals surface area contributed by atoms with Gasteiger partial charge in [0.2, 0.25) is 17.7 Å². The minimum atomic E-state index is -0.962. The predicted octanol–water partition coefficient (Wildman–Crippen LogP) is 1.03. The molecule has 2 aliphatic carbocycles. The summed E-state index contributed by atoms with van der Waals surface area (Å²) in [6.45, 7) is 3.45. The molecule has 4 aliphatic rings. The third kappa shape index (κ3) is 11.3. The molecule has 2 saturated heterocycles. The molecule has 6 N–H and O–H groups in total. The van der Waals surface area contributed by atoms with E-state index in [-0.39, 0.29) is 66.5 Å². The topological polar surface area (TPSA) is 160 Å². The van der Waals surface area contributed by atoms with E-state index in [0.717, 1.165) is 44.9 Å². The maximum absolute atomic E-state index is 13.6. The molecule has 10 unspecified atom stereocenters. The monoisotopic (exact) mass is 660 g/mol. The van der Waals surface area contributed by atoms with Crippen LogP contribution in [0.5, 0.6) is 0 Å². The zero-order valence-corrected chi connectivity index (χ0v) is 29.0.